The van der Waals surface area contributed by atoms with Crippen LogP contribution in [-0.4, -0.2) is 22.1 Å². The zero-order valence-corrected chi connectivity index (χ0v) is 12.6. The smallest absolute Gasteiger partial charge is 0.230 e. The van der Waals surface area contributed by atoms with Gasteiger partial charge in [0.25, 0.3) is 0 Å². The highest BCUT2D eigenvalue weighted by Gasteiger charge is 2.18. The Morgan fingerprint density at radius 1 is 1.44 bits per heavy atom. The van der Waals surface area contributed by atoms with Gasteiger partial charge < -0.3 is 11.1 Å². The number of aromatic nitrogens is 2. The average molecular weight is 293 g/mol. The summed E-state index contributed by atoms with van der Waals surface area (Å²) in [7, 11) is 0. The fraction of sp³-hybridized carbons (Fsp3) is 0.727. The molecule has 1 heterocycles. The minimum atomic E-state index is -0.224. The molecule has 7 heteroatoms. The van der Waals surface area contributed by atoms with Crippen molar-refractivity contribution in [3.63, 3.8) is 0 Å². The zero-order chi connectivity index (χ0) is 12.8. The first kappa shape index (κ1) is 17.3. The van der Waals surface area contributed by atoms with E-state index in [1.807, 2.05) is 6.92 Å². The highest BCUT2D eigenvalue weighted by Crippen LogP contribution is 2.18. The Morgan fingerprint density at radius 2 is 2.11 bits per heavy atom. The summed E-state index contributed by atoms with van der Waals surface area (Å²) in [6, 6.07) is -0.164. The predicted octanol–water partition coefficient (Wildman–Crippen LogP) is 2.22. The second kappa shape index (κ2) is 8.39. The van der Waals surface area contributed by atoms with Crippen molar-refractivity contribution in [2.24, 2.45) is 11.7 Å². The molecule has 0 aromatic carbocycles. The second-order valence-corrected chi connectivity index (χ2v) is 5.30. The summed E-state index contributed by atoms with van der Waals surface area (Å²) in [6.07, 6.45) is 3.15. The van der Waals surface area contributed by atoms with Crippen molar-refractivity contribution >= 4 is 34.8 Å². The van der Waals surface area contributed by atoms with Crippen molar-refractivity contribution in [2.75, 3.05) is 5.32 Å². The van der Waals surface area contributed by atoms with Crippen LogP contribution in [0.25, 0.3) is 0 Å². The maximum absolute atomic E-state index is 11.7. The molecule has 0 aliphatic carbocycles. The van der Waals surface area contributed by atoms with Crippen molar-refractivity contribution < 1.29 is 4.79 Å². The number of amides is 1. The molecule has 3 N–H and O–H groups in total. The van der Waals surface area contributed by atoms with E-state index in [2.05, 4.69) is 22.4 Å². The van der Waals surface area contributed by atoms with Crippen LogP contribution in [0.4, 0.5) is 5.13 Å². The fourth-order valence-electron chi connectivity index (χ4n) is 1.19. The molecule has 0 aliphatic heterocycles. The number of aryl methyl sites for hydroxylation is 1. The third-order valence-electron chi connectivity index (χ3n) is 2.64. The van der Waals surface area contributed by atoms with Crippen LogP contribution in [0.2, 0.25) is 0 Å². The van der Waals surface area contributed by atoms with Gasteiger partial charge in [0.15, 0.2) is 0 Å². The summed E-state index contributed by atoms with van der Waals surface area (Å²) < 4.78 is 0. The molecule has 1 amide bonds. The van der Waals surface area contributed by atoms with Gasteiger partial charge in [-0.25, -0.2) is 0 Å². The first-order valence-electron chi connectivity index (χ1n) is 5.93. The van der Waals surface area contributed by atoms with Crippen molar-refractivity contribution in [3.05, 3.63) is 5.01 Å². The van der Waals surface area contributed by atoms with Gasteiger partial charge >= 0.3 is 0 Å². The van der Waals surface area contributed by atoms with Gasteiger partial charge in [-0.2, -0.15) is 0 Å². The molecule has 0 spiro atoms. The first-order valence-corrected chi connectivity index (χ1v) is 6.75. The summed E-state index contributed by atoms with van der Waals surface area (Å²) in [4.78, 5) is 11.7. The minimum Gasteiger partial charge on any atom is -0.327 e. The van der Waals surface area contributed by atoms with Crippen LogP contribution < -0.4 is 11.1 Å². The van der Waals surface area contributed by atoms with E-state index in [-0.39, 0.29) is 30.3 Å². The van der Waals surface area contributed by atoms with E-state index < -0.39 is 0 Å². The topological polar surface area (TPSA) is 80.9 Å². The number of carbonyl (C=O) groups excluding carboxylic acids is 1. The van der Waals surface area contributed by atoms with E-state index in [0.29, 0.717) is 5.13 Å². The van der Waals surface area contributed by atoms with Gasteiger partial charge in [-0.1, -0.05) is 31.6 Å². The zero-order valence-electron chi connectivity index (χ0n) is 11.0. The molecule has 0 aliphatic rings. The molecular formula is C11H21ClN4OS. The van der Waals surface area contributed by atoms with Crippen molar-refractivity contribution in [1.29, 1.82) is 0 Å². The molecule has 18 heavy (non-hydrogen) atoms. The summed E-state index contributed by atoms with van der Waals surface area (Å²) in [5.41, 5.74) is 5.67. The Balaban J connectivity index is 0.00000289. The Morgan fingerprint density at radius 3 is 2.67 bits per heavy atom. The summed E-state index contributed by atoms with van der Waals surface area (Å²) in [5, 5.41) is 12.3. The highest BCUT2D eigenvalue weighted by atomic mass is 35.5. The molecule has 2 unspecified atom stereocenters. The molecule has 1 aromatic heterocycles. The molecule has 0 saturated heterocycles. The largest absolute Gasteiger partial charge is 0.327 e. The third-order valence-corrected chi connectivity index (χ3v) is 3.54. The monoisotopic (exact) mass is 292 g/mol. The van der Waals surface area contributed by atoms with E-state index in [0.717, 1.165) is 24.3 Å². The lowest BCUT2D eigenvalue weighted by molar-refractivity contribution is -0.119. The number of halogens is 1. The van der Waals surface area contributed by atoms with E-state index in [1.54, 1.807) is 6.92 Å². The van der Waals surface area contributed by atoms with Crippen LogP contribution in [0, 0.1) is 5.92 Å². The number of nitrogens with zero attached hydrogens (tertiary/aromatic N) is 2. The lowest BCUT2D eigenvalue weighted by Gasteiger charge is -2.13. The van der Waals surface area contributed by atoms with Gasteiger partial charge in [-0.05, 0) is 13.3 Å². The first-order chi connectivity index (χ1) is 8.04. The van der Waals surface area contributed by atoms with Gasteiger partial charge in [0.05, 0.1) is 5.92 Å². The third kappa shape index (κ3) is 5.29. The van der Waals surface area contributed by atoms with E-state index in [4.69, 9.17) is 5.73 Å². The van der Waals surface area contributed by atoms with Crippen LogP contribution in [0.3, 0.4) is 0 Å². The number of hydrogen-bond donors (Lipinski definition) is 2. The summed E-state index contributed by atoms with van der Waals surface area (Å²) >= 11 is 1.44. The molecule has 104 valence electrons. The standard InChI is InChI=1S/C11H20N4OS.ClH/c1-4-5-6-9-14-15-11(17-9)13-10(16)7(2)8(3)12;/h7-8H,4-6,12H2,1-3H3,(H,13,15,16);1H. The Labute approximate surface area is 118 Å². The number of hydrogen-bond acceptors (Lipinski definition) is 5. The van der Waals surface area contributed by atoms with Crippen LogP contribution in [-0.2, 0) is 11.2 Å². The highest BCUT2D eigenvalue weighted by molar-refractivity contribution is 7.15. The Hall–Kier alpha value is -0.720. The van der Waals surface area contributed by atoms with Crippen molar-refractivity contribution in [3.8, 4) is 0 Å². The lowest BCUT2D eigenvalue weighted by Crippen LogP contribution is -2.34. The van der Waals surface area contributed by atoms with Gasteiger partial charge in [0.2, 0.25) is 11.0 Å². The average Bonchev–Trinajstić information content (AvgIpc) is 2.72. The molecule has 0 fully saturated rings. The van der Waals surface area contributed by atoms with Crippen molar-refractivity contribution in [1.82, 2.24) is 10.2 Å². The van der Waals surface area contributed by atoms with Gasteiger partial charge in [0, 0.05) is 12.5 Å². The number of rotatable bonds is 6. The normalized spacial score (nSPS) is 13.6. The molecule has 1 aromatic rings. The predicted molar refractivity (Wildman–Crippen MR) is 77.2 cm³/mol. The molecule has 0 saturated carbocycles. The van der Waals surface area contributed by atoms with Crippen LogP contribution in [0.15, 0.2) is 0 Å². The van der Waals surface area contributed by atoms with Crippen LogP contribution >= 0.6 is 23.7 Å². The maximum Gasteiger partial charge on any atom is 0.230 e. The Bertz CT molecular complexity index is 370. The summed E-state index contributed by atoms with van der Waals surface area (Å²) in [6.45, 7) is 5.75. The van der Waals surface area contributed by atoms with Crippen molar-refractivity contribution in [2.45, 2.75) is 46.1 Å². The molecule has 2 atom stereocenters. The number of anilines is 1. The van der Waals surface area contributed by atoms with Gasteiger partial charge in [-0.15, -0.1) is 22.6 Å². The molecule has 0 bridgehead atoms. The fourth-order valence-corrected chi connectivity index (χ4v) is 1.98. The number of nitrogens with one attached hydrogen (secondary N) is 1. The summed E-state index contributed by atoms with van der Waals surface area (Å²) in [5.74, 6) is -0.323. The number of carbonyl (C=O) groups is 1. The van der Waals surface area contributed by atoms with E-state index >= 15 is 0 Å². The second-order valence-electron chi connectivity index (χ2n) is 4.24. The Kier molecular flexibility index (Phi) is 8.06. The number of unbranched alkanes of at least 4 members (excludes halogenated alkanes) is 1. The van der Waals surface area contributed by atoms with E-state index in [9.17, 15) is 4.79 Å². The molecule has 0 radical (unpaired) electrons. The number of nitrogens with two attached hydrogens (primary N) is 1. The van der Waals surface area contributed by atoms with E-state index in [1.165, 1.54) is 11.3 Å². The SMILES string of the molecule is CCCCc1nnc(NC(=O)C(C)C(C)N)s1.Cl. The molecule has 1 rings (SSSR count). The van der Waals surface area contributed by atoms with Crippen LogP contribution in [0.1, 0.15) is 38.6 Å². The lowest BCUT2D eigenvalue weighted by atomic mass is 10.0. The molecular weight excluding hydrogens is 272 g/mol. The maximum atomic E-state index is 11.7. The van der Waals surface area contributed by atoms with Gasteiger partial charge in [-0.3, -0.25) is 4.79 Å². The van der Waals surface area contributed by atoms with Crippen LogP contribution in [0.5, 0.6) is 0 Å². The van der Waals surface area contributed by atoms with Gasteiger partial charge in [0.1, 0.15) is 5.01 Å². The minimum absolute atomic E-state index is 0. The quantitative estimate of drug-likeness (QED) is 0.842. The molecule has 5 nitrogen and oxygen atoms in total.